The average Bonchev–Trinajstić information content (AvgIpc) is 2.75. The number of carbonyl (C=O) groups excluding carboxylic acids is 1. The second-order valence-electron chi connectivity index (χ2n) is 7.80. The van der Waals surface area contributed by atoms with Crippen molar-refractivity contribution in [2.45, 2.75) is 46.1 Å². The predicted molar refractivity (Wildman–Crippen MR) is 120 cm³/mol. The molecule has 1 aliphatic heterocycles. The third-order valence-corrected chi connectivity index (χ3v) is 5.60. The van der Waals surface area contributed by atoms with Crippen molar-refractivity contribution in [3.05, 3.63) is 53.9 Å². The molecule has 30 heavy (non-hydrogen) atoms. The van der Waals surface area contributed by atoms with E-state index in [1.54, 1.807) is 6.20 Å². The van der Waals surface area contributed by atoms with Gasteiger partial charge in [0.2, 0.25) is 0 Å². The van der Waals surface area contributed by atoms with Crippen LogP contribution in [0.3, 0.4) is 0 Å². The predicted octanol–water partition coefficient (Wildman–Crippen LogP) is 5.10. The van der Waals surface area contributed by atoms with E-state index in [4.69, 9.17) is 4.74 Å². The number of rotatable bonds is 5. The summed E-state index contributed by atoms with van der Waals surface area (Å²) in [6.07, 6.45) is 4.91. The molecule has 0 radical (unpaired) electrons. The number of piperidine rings is 1. The molecule has 0 spiro atoms. The summed E-state index contributed by atoms with van der Waals surface area (Å²) >= 11 is 0. The fourth-order valence-corrected chi connectivity index (χ4v) is 3.97. The van der Waals surface area contributed by atoms with Gasteiger partial charge >= 0.3 is 0 Å². The van der Waals surface area contributed by atoms with Crippen LogP contribution < -0.4 is 10.1 Å². The van der Waals surface area contributed by atoms with Crippen LogP contribution in [0.4, 0.5) is 11.4 Å². The minimum absolute atomic E-state index is 0.0191. The van der Waals surface area contributed by atoms with Gasteiger partial charge in [0.05, 0.1) is 17.9 Å². The third-order valence-electron chi connectivity index (χ3n) is 5.60. The maximum atomic E-state index is 13.5. The molecule has 1 atom stereocenters. The molecule has 0 unspecified atom stereocenters. The number of fused-ring (bicyclic) bond motifs is 1. The van der Waals surface area contributed by atoms with Gasteiger partial charge in [0.15, 0.2) is 5.65 Å². The second kappa shape index (κ2) is 8.69. The summed E-state index contributed by atoms with van der Waals surface area (Å²) < 4.78 is 5.54. The first-order valence-electron chi connectivity index (χ1n) is 10.6. The van der Waals surface area contributed by atoms with Gasteiger partial charge < -0.3 is 15.0 Å². The molecule has 156 valence electrons. The number of hydrogen-bond donors (Lipinski definition) is 1. The smallest absolute Gasteiger partial charge is 0.257 e. The highest BCUT2D eigenvalue weighted by atomic mass is 16.5. The summed E-state index contributed by atoms with van der Waals surface area (Å²) in [6, 6.07) is 11.9. The first-order valence-corrected chi connectivity index (χ1v) is 10.6. The van der Waals surface area contributed by atoms with Gasteiger partial charge in [-0.05, 0) is 76.4 Å². The van der Waals surface area contributed by atoms with E-state index >= 15 is 0 Å². The Kier molecular flexibility index (Phi) is 5.84. The number of carbonyl (C=O) groups is 1. The van der Waals surface area contributed by atoms with E-state index in [9.17, 15) is 4.79 Å². The summed E-state index contributed by atoms with van der Waals surface area (Å²) in [7, 11) is 0. The van der Waals surface area contributed by atoms with Crippen LogP contribution in [0.5, 0.6) is 5.75 Å². The Morgan fingerprint density at radius 2 is 2.00 bits per heavy atom. The van der Waals surface area contributed by atoms with E-state index in [0.717, 1.165) is 47.6 Å². The highest BCUT2D eigenvalue weighted by molar-refractivity contribution is 6.07. The lowest BCUT2D eigenvalue weighted by Gasteiger charge is -2.34. The van der Waals surface area contributed by atoms with Gasteiger partial charge in [-0.15, -0.1) is 0 Å². The van der Waals surface area contributed by atoms with Gasteiger partial charge in [-0.3, -0.25) is 4.79 Å². The number of likely N-dealkylation sites (tertiary alicyclic amines) is 1. The minimum Gasteiger partial charge on any atom is -0.494 e. The minimum atomic E-state index is 0.0191. The summed E-state index contributed by atoms with van der Waals surface area (Å²) in [6.45, 7) is 7.43. The molecule has 6 nitrogen and oxygen atoms in total. The summed E-state index contributed by atoms with van der Waals surface area (Å²) in [5, 5.41) is 4.29. The zero-order valence-corrected chi connectivity index (χ0v) is 17.8. The number of aromatic nitrogens is 2. The molecule has 3 heterocycles. The number of anilines is 2. The molecular formula is C24H28N4O2. The Hall–Kier alpha value is -3.15. The lowest BCUT2D eigenvalue weighted by Crippen LogP contribution is -2.42. The number of hydrogen-bond acceptors (Lipinski definition) is 5. The number of ether oxygens (including phenoxy) is 1. The van der Waals surface area contributed by atoms with Crippen molar-refractivity contribution >= 4 is 28.3 Å². The Bertz CT molecular complexity index is 1050. The molecule has 1 N–H and O–H groups in total. The van der Waals surface area contributed by atoms with Gasteiger partial charge in [0, 0.05) is 35.6 Å². The van der Waals surface area contributed by atoms with Crippen LogP contribution in [-0.4, -0.2) is 40.0 Å². The van der Waals surface area contributed by atoms with Crippen molar-refractivity contribution < 1.29 is 9.53 Å². The normalized spacial score (nSPS) is 16.5. The van der Waals surface area contributed by atoms with Gasteiger partial charge in [0.1, 0.15) is 5.75 Å². The van der Waals surface area contributed by atoms with Crippen LogP contribution in [0.2, 0.25) is 0 Å². The van der Waals surface area contributed by atoms with Crippen molar-refractivity contribution in [3.63, 3.8) is 0 Å². The van der Waals surface area contributed by atoms with E-state index in [0.29, 0.717) is 17.8 Å². The number of benzene rings is 1. The molecule has 1 fully saturated rings. The summed E-state index contributed by atoms with van der Waals surface area (Å²) in [5.41, 5.74) is 3.74. The molecule has 1 aliphatic rings. The quantitative estimate of drug-likeness (QED) is 0.641. The monoisotopic (exact) mass is 404 g/mol. The molecule has 3 aromatic rings. The molecule has 0 saturated carbocycles. The topological polar surface area (TPSA) is 67.3 Å². The third kappa shape index (κ3) is 4.08. The van der Waals surface area contributed by atoms with E-state index in [1.807, 2.05) is 55.1 Å². The largest absolute Gasteiger partial charge is 0.494 e. The zero-order valence-electron chi connectivity index (χ0n) is 17.8. The molecule has 0 aliphatic carbocycles. The Morgan fingerprint density at radius 3 is 2.73 bits per heavy atom. The number of amides is 1. The SMILES string of the molecule is CCOc1ccc(Nc2c(C(=O)N3CCCC[C@H]3C)cnc3nc(C)ccc23)cc1. The Balaban J connectivity index is 1.76. The fraction of sp³-hybridized carbons (Fsp3) is 0.375. The zero-order chi connectivity index (χ0) is 21.1. The first kappa shape index (κ1) is 20.1. The van der Waals surface area contributed by atoms with Crippen molar-refractivity contribution in [2.75, 3.05) is 18.5 Å². The number of pyridine rings is 2. The van der Waals surface area contributed by atoms with Crippen LogP contribution in [0, 0.1) is 6.92 Å². The maximum absolute atomic E-state index is 13.5. The molecule has 0 bridgehead atoms. The molecule has 1 amide bonds. The number of aryl methyl sites for hydroxylation is 1. The van der Waals surface area contributed by atoms with Crippen LogP contribution in [0.25, 0.3) is 11.0 Å². The van der Waals surface area contributed by atoms with Gasteiger partial charge in [-0.1, -0.05) is 0 Å². The molecule has 1 aromatic carbocycles. The standard InChI is InChI=1S/C24H28N4O2/c1-4-30-19-11-9-18(10-12-19)27-22-20-13-8-16(2)26-23(20)25-15-21(22)24(29)28-14-6-5-7-17(28)3/h8-13,15,17H,4-7,14H2,1-3H3,(H,25,26,27)/t17-/m1/s1. The van der Waals surface area contributed by atoms with Crippen LogP contribution in [-0.2, 0) is 0 Å². The van der Waals surface area contributed by atoms with E-state index in [1.165, 1.54) is 6.42 Å². The van der Waals surface area contributed by atoms with Crippen LogP contribution in [0.15, 0.2) is 42.6 Å². The molecular weight excluding hydrogens is 376 g/mol. The maximum Gasteiger partial charge on any atom is 0.257 e. The van der Waals surface area contributed by atoms with Crippen molar-refractivity contribution in [1.82, 2.24) is 14.9 Å². The van der Waals surface area contributed by atoms with Crippen LogP contribution >= 0.6 is 0 Å². The Morgan fingerprint density at radius 1 is 1.20 bits per heavy atom. The fourth-order valence-electron chi connectivity index (χ4n) is 3.97. The molecule has 2 aromatic heterocycles. The lowest BCUT2D eigenvalue weighted by atomic mass is 10.0. The molecule has 4 rings (SSSR count). The second-order valence-corrected chi connectivity index (χ2v) is 7.80. The molecule has 6 heteroatoms. The van der Waals surface area contributed by atoms with Gasteiger partial charge in [-0.25, -0.2) is 9.97 Å². The highest BCUT2D eigenvalue weighted by Crippen LogP contribution is 2.31. The summed E-state index contributed by atoms with van der Waals surface area (Å²) in [4.78, 5) is 24.5. The van der Waals surface area contributed by atoms with Gasteiger partial charge in [0.25, 0.3) is 5.91 Å². The average molecular weight is 405 g/mol. The number of nitrogens with zero attached hydrogens (tertiary/aromatic N) is 3. The van der Waals surface area contributed by atoms with E-state index in [-0.39, 0.29) is 11.9 Å². The lowest BCUT2D eigenvalue weighted by molar-refractivity contribution is 0.0636. The van der Waals surface area contributed by atoms with Crippen molar-refractivity contribution in [1.29, 1.82) is 0 Å². The Labute approximate surface area is 177 Å². The molecule has 1 saturated heterocycles. The van der Waals surface area contributed by atoms with Crippen molar-refractivity contribution in [3.8, 4) is 5.75 Å². The van der Waals surface area contributed by atoms with Gasteiger partial charge in [-0.2, -0.15) is 0 Å². The van der Waals surface area contributed by atoms with E-state index < -0.39 is 0 Å². The van der Waals surface area contributed by atoms with E-state index in [2.05, 4.69) is 22.2 Å². The first-order chi connectivity index (χ1) is 14.6. The highest BCUT2D eigenvalue weighted by Gasteiger charge is 2.27. The van der Waals surface area contributed by atoms with Crippen LogP contribution in [0.1, 0.15) is 49.2 Å². The summed E-state index contributed by atoms with van der Waals surface area (Å²) in [5.74, 6) is 0.837. The number of nitrogens with one attached hydrogen (secondary N) is 1. The van der Waals surface area contributed by atoms with Crippen molar-refractivity contribution in [2.24, 2.45) is 0 Å².